The Morgan fingerprint density at radius 1 is 1.26 bits per heavy atom. The van der Waals surface area contributed by atoms with E-state index in [9.17, 15) is 4.79 Å². The lowest BCUT2D eigenvalue weighted by Crippen LogP contribution is -2.41. The topological polar surface area (TPSA) is 53.5 Å². The molecule has 0 aromatic carbocycles. The van der Waals surface area contributed by atoms with E-state index in [4.69, 9.17) is 11.6 Å². The van der Waals surface area contributed by atoms with E-state index in [1.807, 2.05) is 6.92 Å². The Kier molecular flexibility index (Phi) is 5.64. The highest BCUT2D eigenvalue weighted by Gasteiger charge is 2.26. The van der Waals surface area contributed by atoms with Crippen molar-refractivity contribution >= 4 is 23.2 Å². The van der Waals surface area contributed by atoms with Crippen molar-refractivity contribution in [3.63, 3.8) is 0 Å². The van der Waals surface area contributed by atoms with Gasteiger partial charge in [-0.1, -0.05) is 12.8 Å². The molecule has 108 valence electrons. The molecule has 0 aromatic heterocycles. The molecule has 0 aromatic rings. The normalized spacial score (nSPS) is 32.9. The van der Waals surface area contributed by atoms with Gasteiger partial charge in [0.15, 0.2) is 0 Å². The molecule has 1 saturated carbocycles. The van der Waals surface area contributed by atoms with E-state index in [2.05, 4.69) is 15.8 Å². The van der Waals surface area contributed by atoms with Gasteiger partial charge in [-0.3, -0.25) is 4.79 Å². The fourth-order valence-electron chi connectivity index (χ4n) is 2.89. The van der Waals surface area contributed by atoms with Crippen molar-refractivity contribution in [2.24, 2.45) is 11.0 Å². The summed E-state index contributed by atoms with van der Waals surface area (Å²) in [5, 5.41) is 7.83. The fourth-order valence-corrected chi connectivity index (χ4v) is 3.26. The lowest BCUT2D eigenvalue weighted by Gasteiger charge is -2.25. The van der Waals surface area contributed by atoms with Crippen molar-refractivity contribution in [2.45, 2.75) is 63.3 Å². The highest BCUT2D eigenvalue weighted by atomic mass is 35.5. The first-order chi connectivity index (χ1) is 9.16. The van der Waals surface area contributed by atoms with Crippen LogP contribution >= 0.6 is 11.6 Å². The summed E-state index contributed by atoms with van der Waals surface area (Å²) in [7, 11) is 0. The molecule has 3 unspecified atom stereocenters. The van der Waals surface area contributed by atoms with Crippen molar-refractivity contribution in [1.82, 2.24) is 10.7 Å². The standard InChI is InChI=1S/C14H24ClN3O/c1-10(13-7-2-3-8-16-13)17-18-14(19)11-5-4-6-12(15)9-11/h11-13,16H,2-9H2,1H3,(H,18,19)/b17-10+. The number of piperidine rings is 1. The third-order valence-electron chi connectivity index (χ3n) is 4.14. The average Bonchev–Trinajstić information content (AvgIpc) is 2.45. The van der Waals surface area contributed by atoms with Gasteiger partial charge < -0.3 is 5.32 Å². The smallest absolute Gasteiger partial charge is 0.243 e. The minimum absolute atomic E-state index is 0.0282. The highest BCUT2D eigenvalue weighted by Crippen LogP contribution is 2.27. The number of nitrogens with zero attached hydrogens (tertiary/aromatic N) is 1. The minimum Gasteiger partial charge on any atom is -0.309 e. The first-order valence-electron chi connectivity index (χ1n) is 7.38. The van der Waals surface area contributed by atoms with Crippen molar-refractivity contribution < 1.29 is 4.79 Å². The van der Waals surface area contributed by atoms with Gasteiger partial charge in [0.25, 0.3) is 0 Å². The maximum Gasteiger partial charge on any atom is 0.243 e. The van der Waals surface area contributed by atoms with Gasteiger partial charge in [-0.15, -0.1) is 11.6 Å². The summed E-state index contributed by atoms with van der Waals surface area (Å²) < 4.78 is 0. The lowest BCUT2D eigenvalue weighted by atomic mass is 9.88. The van der Waals surface area contributed by atoms with Gasteiger partial charge in [0.05, 0.1) is 5.71 Å². The Morgan fingerprint density at radius 3 is 2.79 bits per heavy atom. The molecule has 19 heavy (non-hydrogen) atoms. The Labute approximate surface area is 120 Å². The van der Waals surface area contributed by atoms with Gasteiger partial charge in [-0.05, 0) is 45.6 Å². The van der Waals surface area contributed by atoms with Crippen LogP contribution in [0.15, 0.2) is 5.10 Å². The first-order valence-corrected chi connectivity index (χ1v) is 7.82. The fraction of sp³-hybridized carbons (Fsp3) is 0.857. The molecular formula is C14H24ClN3O. The number of hydrogen-bond donors (Lipinski definition) is 2. The molecule has 0 radical (unpaired) electrons. The van der Waals surface area contributed by atoms with E-state index >= 15 is 0 Å². The van der Waals surface area contributed by atoms with Crippen LogP contribution in [-0.4, -0.2) is 29.6 Å². The lowest BCUT2D eigenvalue weighted by molar-refractivity contribution is -0.125. The van der Waals surface area contributed by atoms with Gasteiger partial charge in [-0.25, -0.2) is 5.43 Å². The molecule has 2 fully saturated rings. The van der Waals surface area contributed by atoms with Crippen LogP contribution in [0, 0.1) is 5.92 Å². The van der Waals surface area contributed by atoms with Crippen molar-refractivity contribution in [3.05, 3.63) is 0 Å². The highest BCUT2D eigenvalue weighted by molar-refractivity contribution is 6.20. The number of nitrogens with one attached hydrogen (secondary N) is 2. The second-order valence-corrected chi connectivity index (χ2v) is 6.31. The molecule has 2 N–H and O–H groups in total. The van der Waals surface area contributed by atoms with E-state index in [1.165, 1.54) is 12.8 Å². The van der Waals surface area contributed by atoms with E-state index in [1.54, 1.807) is 0 Å². The molecule has 1 aliphatic heterocycles. The second-order valence-electron chi connectivity index (χ2n) is 5.69. The Hall–Kier alpha value is -0.610. The van der Waals surface area contributed by atoms with Crippen LogP contribution in [0.4, 0.5) is 0 Å². The summed E-state index contributed by atoms with van der Waals surface area (Å²) in [5.41, 5.74) is 3.70. The number of alkyl halides is 1. The Morgan fingerprint density at radius 2 is 2.11 bits per heavy atom. The molecule has 4 nitrogen and oxygen atoms in total. The van der Waals surface area contributed by atoms with Crippen LogP contribution in [-0.2, 0) is 4.79 Å². The predicted molar refractivity (Wildman–Crippen MR) is 78.5 cm³/mol. The summed E-state index contributed by atoms with van der Waals surface area (Å²) >= 11 is 6.11. The number of halogens is 1. The van der Waals surface area contributed by atoms with Crippen molar-refractivity contribution in [2.75, 3.05) is 6.54 Å². The second kappa shape index (κ2) is 7.25. The van der Waals surface area contributed by atoms with E-state index in [-0.39, 0.29) is 17.2 Å². The molecule has 3 atom stereocenters. The SMILES string of the molecule is C/C(=N\NC(=O)C1CCCC(Cl)C1)C1CCCCN1. The van der Waals surface area contributed by atoms with Crippen LogP contribution < -0.4 is 10.7 Å². The van der Waals surface area contributed by atoms with E-state index in [0.717, 1.165) is 44.4 Å². The predicted octanol–water partition coefficient (Wildman–Crippen LogP) is 2.42. The van der Waals surface area contributed by atoms with Crippen LogP contribution in [0.1, 0.15) is 51.9 Å². The van der Waals surface area contributed by atoms with Crippen LogP contribution in [0.25, 0.3) is 0 Å². The summed E-state index contributed by atoms with van der Waals surface area (Å²) in [6.07, 6.45) is 7.36. The third kappa shape index (κ3) is 4.46. The van der Waals surface area contributed by atoms with Gasteiger partial charge in [0.2, 0.25) is 5.91 Å². The Bertz CT molecular complexity index is 340. The van der Waals surface area contributed by atoms with E-state index in [0.29, 0.717) is 6.04 Å². The largest absolute Gasteiger partial charge is 0.309 e. The minimum atomic E-state index is 0.0282. The zero-order valence-electron chi connectivity index (χ0n) is 11.6. The quantitative estimate of drug-likeness (QED) is 0.475. The zero-order valence-corrected chi connectivity index (χ0v) is 12.4. The van der Waals surface area contributed by atoms with Gasteiger partial charge in [0, 0.05) is 17.3 Å². The number of hydrazone groups is 1. The van der Waals surface area contributed by atoms with Gasteiger partial charge >= 0.3 is 0 Å². The molecule has 2 aliphatic rings. The molecule has 1 saturated heterocycles. The number of carbonyl (C=O) groups is 1. The summed E-state index contributed by atoms with van der Waals surface area (Å²) in [6.45, 7) is 3.02. The third-order valence-corrected chi connectivity index (χ3v) is 4.53. The maximum atomic E-state index is 12.0. The number of hydrogen-bond acceptors (Lipinski definition) is 3. The number of carbonyl (C=O) groups excluding carboxylic acids is 1. The van der Waals surface area contributed by atoms with E-state index < -0.39 is 0 Å². The van der Waals surface area contributed by atoms with Gasteiger partial charge in [0.1, 0.15) is 0 Å². The summed E-state index contributed by atoms with van der Waals surface area (Å²) in [4.78, 5) is 12.0. The van der Waals surface area contributed by atoms with Crippen molar-refractivity contribution in [1.29, 1.82) is 0 Å². The summed E-state index contributed by atoms with van der Waals surface area (Å²) in [5.74, 6) is 0.0626. The molecule has 2 rings (SSSR count). The molecule has 1 heterocycles. The molecule has 1 aliphatic carbocycles. The monoisotopic (exact) mass is 285 g/mol. The molecule has 0 spiro atoms. The average molecular weight is 286 g/mol. The molecule has 5 heteroatoms. The van der Waals surface area contributed by atoms with Crippen LogP contribution in [0.5, 0.6) is 0 Å². The number of amides is 1. The molecule has 1 amide bonds. The maximum absolute atomic E-state index is 12.0. The zero-order chi connectivity index (χ0) is 13.7. The van der Waals surface area contributed by atoms with Gasteiger partial charge in [-0.2, -0.15) is 5.10 Å². The summed E-state index contributed by atoms with van der Waals surface area (Å²) in [6, 6.07) is 0.321. The first kappa shape index (κ1) is 14.8. The van der Waals surface area contributed by atoms with Crippen LogP contribution in [0.3, 0.4) is 0 Å². The van der Waals surface area contributed by atoms with Crippen molar-refractivity contribution in [3.8, 4) is 0 Å². The Balaban J connectivity index is 1.81. The van der Waals surface area contributed by atoms with Crippen LogP contribution in [0.2, 0.25) is 0 Å². The molecular weight excluding hydrogens is 262 g/mol. The number of rotatable bonds is 3. The molecule has 0 bridgehead atoms.